The van der Waals surface area contributed by atoms with Crippen molar-refractivity contribution in [3.05, 3.63) is 77.5 Å². The van der Waals surface area contributed by atoms with Crippen molar-refractivity contribution in [2.75, 3.05) is 0 Å². The predicted molar refractivity (Wildman–Crippen MR) is 104 cm³/mol. The number of benzene rings is 2. The van der Waals surface area contributed by atoms with E-state index >= 15 is 0 Å². The number of allylic oxidation sites excluding steroid dienone is 1. The Labute approximate surface area is 164 Å². The van der Waals surface area contributed by atoms with Gasteiger partial charge in [-0.1, -0.05) is 54.1 Å². The monoisotopic (exact) mass is 399 g/mol. The lowest BCUT2D eigenvalue weighted by Gasteiger charge is -2.17. The third kappa shape index (κ3) is 3.99. The maximum atomic E-state index is 13.2. The summed E-state index contributed by atoms with van der Waals surface area (Å²) in [6.45, 7) is 3.31. The molecule has 0 aromatic heterocycles. The minimum Gasteiger partial charge on any atom is -0.434 e. The first-order valence-corrected chi connectivity index (χ1v) is 10.3. The zero-order chi connectivity index (χ0) is 20.3. The Bertz CT molecular complexity index is 1010. The summed E-state index contributed by atoms with van der Waals surface area (Å²) in [7, 11) is -4.14. The van der Waals surface area contributed by atoms with E-state index in [-0.39, 0.29) is 22.8 Å². The first-order valence-electron chi connectivity index (χ1n) is 8.88. The number of carbonyl (C=O) groups is 2. The smallest absolute Gasteiger partial charge is 0.429 e. The fraction of sp³-hybridized carbons (Fsp3) is 0.238. The van der Waals surface area contributed by atoms with Gasteiger partial charge < -0.3 is 9.53 Å². The molecule has 1 aliphatic rings. The first kappa shape index (κ1) is 19.8. The molecule has 0 N–H and O–H groups in total. The van der Waals surface area contributed by atoms with Gasteiger partial charge in [-0.2, -0.15) is 4.31 Å². The van der Waals surface area contributed by atoms with Gasteiger partial charge >= 0.3 is 6.09 Å². The molecule has 3 rings (SSSR count). The normalized spacial score (nSPS) is 18.4. The van der Waals surface area contributed by atoms with Gasteiger partial charge in [0, 0.05) is 6.42 Å². The molecule has 1 heterocycles. The number of rotatable bonds is 6. The Morgan fingerprint density at radius 2 is 1.75 bits per heavy atom. The second-order valence-electron chi connectivity index (χ2n) is 6.63. The van der Waals surface area contributed by atoms with Crippen molar-refractivity contribution >= 4 is 21.9 Å². The second-order valence-corrected chi connectivity index (χ2v) is 8.41. The number of nitrogens with zero attached hydrogens (tertiary/aromatic N) is 1. The van der Waals surface area contributed by atoms with Crippen LogP contribution in [0.2, 0.25) is 0 Å². The molecule has 1 amide bonds. The van der Waals surface area contributed by atoms with E-state index in [1.54, 1.807) is 42.5 Å². The summed E-state index contributed by atoms with van der Waals surface area (Å²) < 4.78 is 32.4. The Balaban J connectivity index is 2.05. The van der Waals surface area contributed by atoms with Crippen molar-refractivity contribution in [3.8, 4) is 0 Å². The quantitative estimate of drug-likeness (QED) is 0.730. The number of hydrogen-bond acceptors (Lipinski definition) is 5. The van der Waals surface area contributed by atoms with Crippen LogP contribution in [0.4, 0.5) is 4.79 Å². The zero-order valence-corrected chi connectivity index (χ0v) is 16.5. The van der Waals surface area contributed by atoms with Crippen molar-refractivity contribution in [3.63, 3.8) is 0 Å². The summed E-state index contributed by atoms with van der Waals surface area (Å²) in [6.07, 6.45) is 0.349. The van der Waals surface area contributed by atoms with Crippen LogP contribution in [-0.2, 0) is 19.6 Å². The van der Waals surface area contributed by atoms with Crippen LogP contribution in [0.3, 0.4) is 0 Å². The number of carbonyl (C=O) groups excluding carboxylic acids is 2. The van der Waals surface area contributed by atoms with E-state index in [2.05, 4.69) is 0 Å². The Morgan fingerprint density at radius 1 is 1.11 bits per heavy atom. The molecule has 28 heavy (non-hydrogen) atoms. The van der Waals surface area contributed by atoms with E-state index in [0.717, 1.165) is 5.56 Å². The number of aryl methyl sites for hydroxylation is 1. The van der Waals surface area contributed by atoms with Crippen molar-refractivity contribution in [2.24, 2.45) is 0 Å². The van der Waals surface area contributed by atoms with Gasteiger partial charge in [0.05, 0.1) is 10.6 Å². The molecule has 2 aromatic rings. The van der Waals surface area contributed by atoms with E-state index in [4.69, 9.17) is 4.74 Å². The molecule has 1 fully saturated rings. The highest BCUT2D eigenvalue weighted by atomic mass is 32.2. The first-order chi connectivity index (χ1) is 13.3. The molecule has 1 aliphatic heterocycles. The van der Waals surface area contributed by atoms with Crippen LogP contribution in [-0.4, -0.2) is 24.6 Å². The number of cyclic esters (lactones) is 1. The molecule has 1 saturated heterocycles. The SMILES string of the molecule is CC(=O)CC/C=C1\C(c2ccccc2)OC(=O)N1S(=O)(=O)c1ccc(C)cc1. The van der Waals surface area contributed by atoms with Crippen LogP contribution in [0.1, 0.15) is 37.0 Å². The van der Waals surface area contributed by atoms with Crippen molar-refractivity contribution in [2.45, 2.75) is 37.7 Å². The predicted octanol–water partition coefficient (Wildman–Crippen LogP) is 4.13. The second kappa shape index (κ2) is 7.98. The summed E-state index contributed by atoms with van der Waals surface area (Å²) in [5.74, 6) is -0.0219. The van der Waals surface area contributed by atoms with Crippen LogP contribution >= 0.6 is 0 Å². The number of hydrogen-bond donors (Lipinski definition) is 0. The Morgan fingerprint density at radius 3 is 2.36 bits per heavy atom. The van der Waals surface area contributed by atoms with Gasteiger partial charge in [0.25, 0.3) is 10.0 Å². The molecule has 1 unspecified atom stereocenters. The fourth-order valence-electron chi connectivity index (χ4n) is 2.95. The molecule has 6 nitrogen and oxygen atoms in total. The average Bonchev–Trinajstić information content (AvgIpc) is 2.99. The average molecular weight is 399 g/mol. The molecule has 7 heteroatoms. The van der Waals surface area contributed by atoms with Gasteiger partial charge in [-0.05, 0) is 38.0 Å². The van der Waals surface area contributed by atoms with E-state index in [1.165, 1.54) is 19.1 Å². The molecule has 146 valence electrons. The zero-order valence-electron chi connectivity index (χ0n) is 15.7. The third-order valence-electron chi connectivity index (χ3n) is 4.40. The highest BCUT2D eigenvalue weighted by molar-refractivity contribution is 7.89. The van der Waals surface area contributed by atoms with Crippen molar-refractivity contribution in [1.82, 2.24) is 4.31 Å². The lowest BCUT2D eigenvalue weighted by Crippen LogP contribution is -2.30. The van der Waals surface area contributed by atoms with Crippen LogP contribution < -0.4 is 0 Å². The molecular weight excluding hydrogens is 378 g/mol. The van der Waals surface area contributed by atoms with Crippen LogP contribution in [0, 0.1) is 6.92 Å². The summed E-state index contributed by atoms with van der Waals surface area (Å²) in [6, 6.07) is 15.2. The topological polar surface area (TPSA) is 80.8 Å². The fourth-order valence-corrected chi connectivity index (χ4v) is 4.33. The molecule has 0 radical (unpaired) electrons. The maximum absolute atomic E-state index is 13.2. The molecular formula is C21H21NO5S. The van der Waals surface area contributed by atoms with Crippen LogP contribution in [0.25, 0.3) is 0 Å². The molecule has 0 aliphatic carbocycles. The van der Waals surface area contributed by atoms with Gasteiger partial charge in [0.1, 0.15) is 5.78 Å². The number of sulfonamides is 1. The van der Waals surface area contributed by atoms with E-state index in [0.29, 0.717) is 16.3 Å². The number of ketones is 1. The minimum atomic E-state index is -4.14. The van der Waals surface area contributed by atoms with E-state index in [9.17, 15) is 18.0 Å². The maximum Gasteiger partial charge on any atom is 0.429 e. The largest absolute Gasteiger partial charge is 0.434 e. The van der Waals surface area contributed by atoms with Gasteiger partial charge in [-0.3, -0.25) is 0 Å². The van der Waals surface area contributed by atoms with Gasteiger partial charge in [0.15, 0.2) is 6.10 Å². The van der Waals surface area contributed by atoms with Crippen molar-refractivity contribution in [1.29, 1.82) is 0 Å². The van der Waals surface area contributed by atoms with Gasteiger partial charge in [-0.25, -0.2) is 13.2 Å². The summed E-state index contributed by atoms with van der Waals surface area (Å²) in [4.78, 5) is 23.9. The van der Waals surface area contributed by atoms with Crippen LogP contribution in [0.15, 0.2) is 71.3 Å². The molecule has 2 aromatic carbocycles. The van der Waals surface area contributed by atoms with Gasteiger partial charge in [-0.15, -0.1) is 0 Å². The molecule has 1 atom stereocenters. The highest BCUT2D eigenvalue weighted by Crippen LogP contribution is 2.39. The number of Topliss-reactive ketones (excluding diaryl/α,β-unsaturated/α-hetero) is 1. The van der Waals surface area contributed by atoms with Crippen molar-refractivity contribution < 1.29 is 22.7 Å². The van der Waals surface area contributed by atoms with E-state index < -0.39 is 22.2 Å². The molecule has 0 saturated carbocycles. The summed E-state index contributed by atoms with van der Waals surface area (Å²) in [5.41, 5.74) is 1.77. The number of amides is 1. The highest BCUT2D eigenvalue weighted by Gasteiger charge is 2.45. The Kier molecular flexibility index (Phi) is 5.65. The van der Waals surface area contributed by atoms with Gasteiger partial charge in [0.2, 0.25) is 0 Å². The molecule has 0 bridgehead atoms. The minimum absolute atomic E-state index is 0.00114. The van der Waals surface area contributed by atoms with E-state index in [1.807, 2.05) is 13.0 Å². The van der Waals surface area contributed by atoms with Crippen LogP contribution in [0.5, 0.6) is 0 Å². The standard InChI is InChI=1S/C21H21NO5S/c1-15-11-13-18(14-12-15)28(25,26)22-19(10-6-7-16(2)23)20(27-21(22)24)17-8-4-3-5-9-17/h3-5,8-14,20H,6-7H2,1-2H3/b19-10+. The third-order valence-corrected chi connectivity index (χ3v) is 6.11. The summed E-state index contributed by atoms with van der Waals surface area (Å²) >= 11 is 0. The lowest BCUT2D eigenvalue weighted by molar-refractivity contribution is -0.116. The number of ether oxygens (including phenoxy) is 1. The summed E-state index contributed by atoms with van der Waals surface area (Å²) in [5, 5.41) is 0. The molecule has 0 spiro atoms. The Hall–Kier alpha value is -2.93. The lowest BCUT2D eigenvalue weighted by atomic mass is 10.1.